The van der Waals surface area contributed by atoms with Crippen molar-refractivity contribution in [3.8, 4) is 11.5 Å². The van der Waals surface area contributed by atoms with Crippen molar-refractivity contribution in [1.29, 1.82) is 0 Å². The van der Waals surface area contributed by atoms with Crippen LogP contribution in [0.2, 0.25) is 0 Å². The maximum atomic E-state index is 12.1. The van der Waals surface area contributed by atoms with Crippen molar-refractivity contribution < 1.29 is 23.7 Å². The predicted octanol–water partition coefficient (Wildman–Crippen LogP) is 1.02. The normalized spacial score (nSPS) is 10.1. The van der Waals surface area contributed by atoms with Gasteiger partial charge in [-0.1, -0.05) is 6.07 Å². The Morgan fingerprint density at radius 3 is 2.58 bits per heavy atom. The van der Waals surface area contributed by atoms with E-state index in [0.29, 0.717) is 24.5 Å². The van der Waals surface area contributed by atoms with Gasteiger partial charge in [0.2, 0.25) is 17.4 Å². The van der Waals surface area contributed by atoms with Crippen LogP contribution in [0.15, 0.2) is 22.8 Å². The van der Waals surface area contributed by atoms with E-state index in [4.69, 9.17) is 9.47 Å². The van der Waals surface area contributed by atoms with Crippen LogP contribution in [0.3, 0.4) is 0 Å². The number of ether oxygens (including phenoxy) is 2. The van der Waals surface area contributed by atoms with Gasteiger partial charge < -0.3 is 20.1 Å². The Morgan fingerprint density at radius 1 is 1.17 bits per heavy atom. The lowest BCUT2D eigenvalue weighted by atomic mass is 10.1. The minimum atomic E-state index is -0.486. The summed E-state index contributed by atoms with van der Waals surface area (Å²) in [4.78, 5) is 23.1. The fourth-order valence-electron chi connectivity index (χ4n) is 2.03. The third kappa shape index (κ3) is 4.22. The number of nitrogens with one attached hydrogen (secondary N) is 2. The largest absolute Gasteiger partial charge is 0.493 e. The Labute approximate surface area is 138 Å². The smallest absolute Gasteiger partial charge is 0.277 e. The standard InChI is InChI=1S/C15H18N4O5/c1-9(20)17-14-13(18-24-19-14)15(21)16-7-6-10-4-5-11(22-2)12(8-10)23-3/h4-5,8H,6-7H2,1-3H3,(H,16,21)(H,17,19,20). The maximum Gasteiger partial charge on any atom is 0.277 e. The second kappa shape index (κ2) is 7.95. The average molecular weight is 334 g/mol. The SMILES string of the molecule is COc1ccc(CCNC(=O)c2nonc2NC(C)=O)cc1OC. The van der Waals surface area contributed by atoms with Crippen molar-refractivity contribution in [3.05, 3.63) is 29.5 Å². The summed E-state index contributed by atoms with van der Waals surface area (Å²) in [7, 11) is 3.13. The zero-order chi connectivity index (χ0) is 17.5. The number of anilines is 1. The summed E-state index contributed by atoms with van der Waals surface area (Å²) in [5, 5.41) is 12.0. The Morgan fingerprint density at radius 2 is 1.92 bits per heavy atom. The molecule has 0 bridgehead atoms. The molecule has 0 aliphatic rings. The number of nitrogens with zero attached hydrogens (tertiary/aromatic N) is 2. The van der Waals surface area contributed by atoms with Gasteiger partial charge in [0.05, 0.1) is 14.2 Å². The lowest BCUT2D eigenvalue weighted by molar-refractivity contribution is -0.114. The highest BCUT2D eigenvalue weighted by Gasteiger charge is 2.18. The van der Waals surface area contributed by atoms with Crippen molar-refractivity contribution in [2.45, 2.75) is 13.3 Å². The molecule has 2 amide bonds. The molecule has 2 aromatic rings. The second-order valence-corrected chi connectivity index (χ2v) is 4.84. The van der Waals surface area contributed by atoms with E-state index >= 15 is 0 Å². The number of benzene rings is 1. The van der Waals surface area contributed by atoms with E-state index in [0.717, 1.165) is 5.56 Å². The van der Waals surface area contributed by atoms with Gasteiger partial charge in [0.1, 0.15) is 0 Å². The van der Waals surface area contributed by atoms with Crippen LogP contribution in [0.25, 0.3) is 0 Å². The Bertz CT molecular complexity index is 728. The fraction of sp³-hybridized carbons (Fsp3) is 0.333. The zero-order valence-electron chi connectivity index (χ0n) is 13.6. The van der Waals surface area contributed by atoms with E-state index in [-0.39, 0.29) is 17.4 Å². The minimum Gasteiger partial charge on any atom is -0.493 e. The van der Waals surface area contributed by atoms with Gasteiger partial charge in [-0.2, -0.15) is 0 Å². The van der Waals surface area contributed by atoms with Gasteiger partial charge in [-0.25, -0.2) is 4.63 Å². The molecule has 0 fully saturated rings. The summed E-state index contributed by atoms with van der Waals surface area (Å²) in [6.45, 7) is 1.66. The van der Waals surface area contributed by atoms with Gasteiger partial charge in [0, 0.05) is 13.5 Å². The average Bonchev–Trinajstić information content (AvgIpc) is 3.02. The van der Waals surface area contributed by atoms with Crippen LogP contribution in [0, 0.1) is 0 Å². The molecule has 9 heteroatoms. The minimum absolute atomic E-state index is 0.00823. The van der Waals surface area contributed by atoms with Crippen LogP contribution >= 0.6 is 0 Å². The summed E-state index contributed by atoms with van der Waals surface area (Å²) in [6, 6.07) is 5.52. The first-order valence-electron chi connectivity index (χ1n) is 7.14. The number of carbonyl (C=O) groups excluding carboxylic acids is 2. The van der Waals surface area contributed by atoms with Crippen LogP contribution in [-0.4, -0.2) is 42.9 Å². The van der Waals surface area contributed by atoms with E-state index < -0.39 is 5.91 Å². The third-order valence-corrected chi connectivity index (χ3v) is 3.15. The van der Waals surface area contributed by atoms with E-state index in [9.17, 15) is 9.59 Å². The van der Waals surface area contributed by atoms with Crippen LogP contribution in [0.5, 0.6) is 11.5 Å². The quantitative estimate of drug-likeness (QED) is 0.776. The number of hydrogen-bond donors (Lipinski definition) is 2. The Kier molecular flexibility index (Phi) is 5.72. The molecule has 128 valence electrons. The van der Waals surface area contributed by atoms with Gasteiger partial charge >= 0.3 is 0 Å². The second-order valence-electron chi connectivity index (χ2n) is 4.84. The first kappa shape index (κ1) is 17.3. The van der Waals surface area contributed by atoms with Gasteiger partial charge in [-0.3, -0.25) is 9.59 Å². The van der Waals surface area contributed by atoms with Gasteiger partial charge in [-0.15, -0.1) is 0 Å². The molecule has 0 unspecified atom stereocenters. The highest BCUT2D eigenvalue weighted by atomic mass is 16.6. The van der Waals surface area contributed by atoms with Crippen molar-refractivity contribution >= 4 is 17.6 Å². The summed E-state index contributed by atoms with van der Waals surface area (Å²) >= 11 is 0. The molecule has 0 saturated heterocycles. The molecule has 0 atom stereocenters. The number of aromatic nitrogens is 2. The highest BCUT2D eigenvalue weighted by Crippen LogP contribution is 2.27. The molecule has 2 rings (SSSR count). The monoisotopic (exact) mass is 334 g/mol. The molecule has 24 heavy (non-hydrogen) atoms. The van der Waals surface area contributed by atoms with E-state index in [2.05, 4.69) is 25.6 Å². The molecule has 1 aromatic heterocycles. The molecule has 0 aliphatic carbocycles. The zero-order valence-corrected chi connectivity index (χ0v) is 13.6. The summed E-state index contributed by atoms with van der Waals surface area (Å²) < 4.78 is 14.9. The Balaban J connectivity index is 1.93. The molecule has 0 radical (unpaired) electrons. The van der Waals surface area contributed by atoms with Crippen LogP contribution in [0.4, 0.5) is 5.82 Å². The Hall–Kier alpha value is -3.10. The lowest BCUT2D eigenvalue weighted by Gasteiger charge is -2.10. The fourth-order valence-corrected chi connectivity index (χ4v) is 2.03. The van der Waals surface area contributed by atoms with Gasteiger partial charge in [0.25, 0.3) is 5.91 Å². The molecular formula is C15H18N4O5. The molecule has 1 aromatic carbocycles. The van der Waals surface area contributed by atoms with Crippen molar-refractivity contribution in [1.82, 2.24) is 15.6 Å². The molecule has 0 aliphatic heterocycles. The predicted molar refractivity (Wildman–Crippen MR) is 84.2 cm³/mol. The first-order chi connectivity index (χ1) is 11.5. The molecular weight excluding hydrogens is 316 g/mol. The van der Waals surface area contributed by atoms with E-state index in [1.54, 1.807) is 20.3 Å². The number of methoxy groups -OCH3 is 2. The topological polar surface area (TPSA) is 116 Å². The summed E-state index contributed by atoms with van der Waals surface area (Å²) in [6.07, 6.45) is 0.576. The molecule has 1 heterocycles. The first-order valence-corrected chi connectivity index (χ1v) is 7.14. The van der Waals surface area contributed by atoms with Crippen molar-refractivity contribution in [2.75, 3.05) is 26.1 Å². The van der Waals surface area contributed by atoms with Crippen LogP contribution < -0.4 is 20.1 Å². The van der Waals surface area contributed by atoms with Crippen LogP contribution in [0.1, 0.15) is 23.0 Å². The third-order valence-electron chi connectivity index (χ3n) is 3.15. The van der Waals surface area contributed by atoms with E-state index in [1.807, 2.05) is 12.1 Å². The van der Waals surface area contributed by atoms with Crippen molar-refractivity contribution in [2.24, 2.45) is 0 Å². The molecule has 0 saturated carbocycles. The summed E-state index contributed by atoms with van der Waals surface area (Å²) in [5.41, 5.74) is 0.894. The number of carbonyl (C=O) groups is 2. The van der Waals surface area contributed by atoms with Crippen molar-refractivity contribution in [3.63, 3.8) is 0 Å². The highest BCUT2D eigenvalue weighted by molar-refractivity contribution is 6.00. The number of hydrogen-bond acceptors (Lipinski definition) is 7. The van der Waals surface area contributed by atoms with E-state index in [1.165, 1.54) is 6.92 Å². The number of rotatable bonds is 7. The van der Waals surface area contributed by atoms with Crippen LogP contribution in [-0.2, 0) is 11.2 Å². The van der Waals surface area contributed by atoms with Gasteiger partial charge in [-0.05, 0) is 34.4 Å². The lowest BCUT2D eigenvalue weighted by Crippen LogP contribution is -2.27. The number of amides is 2. The molecule has 2 N–H and O–H groups in total. The molecule has 0 spiro atoms. The molecule has 9 nitrogen and oxygen atoms in total. The summed E-state index contributed by atoms with van der Waals surface area (Å²) in [5.74, 6) is 0.394. The maximum absolute atomic E-state index is 12.1. The van der Waals surface area contributed by atoms with Gasteiger partial charge in [0.15, 0.2) is 11.5 Å².